The fourth-order valence-corrected chi connectivity index (χ4v) is 4.19. The number of anilines is 1. The van der Waals surface area contributed by atoms with Crippen molar-refractivity contribution in [2.24, 2.45) is 10.8 Å². The highest BCUT2D eigenvalue weighted by atomic mass is 16.5. The van der Waals surface area contributed by atoms with E-state index in [9.17, 15) is 14.9 Å². The van der Waals surface area contributed by atoms with Gasteiger partial charge in [0.15, 0.2) is 5.57 Å². The number of hydrogen-bond acceptors (Lipinski definition) is 7. The smallest absolute Gasteiger partial charge is 0.312 e. The molecule has 0 saturated carbocycles. The Labute approximate surface area is 213 Å². The van der Waals surface area contributed by atoms with E-state index in [1.54, 1.807) is 24.3 Å². The van der Waals surface area contributed by atoms with Gasteiger partial charge in [0.1, 0.15) is 24.8 Å². The van der Waals surface area contributed by atoms with Crippen LogP contribution in [-0.4, -0.2) is 31.6 Å². The number of likely N-dealkylation sites (N-methyl/N-ethyl adjacent to an activating group) is 1. The van der Waals surface area contributed by atoms with Crippen molar-refractivity contribution in [3.8, 4) is 18.2 Å². The number of nitriles is 3. The van der Waals surface area contributed by atoms with Crippen LogP contribution in [-0.2, 0) is 14.3 Å². The lowest BCUT2D eigenvalue weighted by Crippen LogP contribution is -2.42. The summed E-state index contributed by atoms with van der Waals surface area (Å²) in [6, 6.07) is 12.4. The second-order valence-corrected chi connectivity index (χ2v) is 9.88. The number of benzene rings is 1. The first-order chi connectivity index (χ1) is 17.0. The minimum atomic E-state index is -0.571. The van der Waals surface area contributed by atoms with E-state index in [0.29, 0.717) is 18.7 Å². The number of carbonyl (C=O) groups excluding carboxylic acids is 2. The summed E-state index contributed by atoms with van der Waals surface area (Å²) in [5.74, 6) is -0.727. The van der Waals surface area contributed by atoms with Gasteiger partial charge in [-0.1, -0.05) is 46.2 Å². The number of nitrogens with zero attached hydrogens (tertiary/aromatic N) is 4. The molecule has 1 aliphatic rings. The SMILES string of the molecule is CCCC(C)(C(=O)OCCN(CC)c1ccc(C2=C(C#N)C(=C(C#N)C#N)NC2=O)cc1)C(C)(C)C. The lowest BCUT2D eigenvalue weighted by atomic mass is 9.65. The van der Waals surface area contributed by atoms with Crippen LogP contribution in [0.25, 0.3) is 5.57 Å². The van der Waals surface area contributed by atoms with Crippen LogP contribution in [0.5, 0.6) is 0 Å². The maximum Gasteiger partial charge on any atom is 0.312 e. The predicted octanol–water partition coefficient (Wildman–Crippen LogP) is 4.62. The van der Waals surface area contributed by atoms with Gasteiger partial charge in [-0.3, -0.25) is 9.59 Å². The van der Waals surface area contributed by atoms with Gasteiger partial charge in [-0.25, -0.2) is 0 Å². The number of ether oxygens (including phenoxy) is 1. The third kappa shape index (κ3) is 5.58. The summed E-state index contributed by atoms with van der Waals surface area (Å²) in [5.41, 5.74) is 0.288. The van der Waals surface area contributed by atoms with Crippen LogP contribution in [0.3, 0.4) is 0 Å². The molecule has 1 amide bonds. The van der Waals surface area contributed by atoms with Gasteiger partial charge in [-0.2, -0.15) is 15.8 Å². The Balaban J connectivity index is 2.20. The highest BCUT2D eigenvalue weighted by Crippen LogP contribution is 2.43. The van der Waals surface area contributed by atoms with Gasteiger partial charge in [-0.15, -0.1) is 0 Å². The molecule has 36 heavy (non-hydrogen) atoms. The van der Waals surface area contributed by atoms with Crippen molar-refractivity contribution in [2.75, 3.05) is 24.6 Å². The van der Waals surface area contributed by atoms with Crippen molar-refractivity contribution in [3.63, 3.8) is 0 Å². The molecule has 1 unspecified atom stereocenters. The van der Waals surface area contributed by atoms with E-state index in [-0.39, 0.29) is 40.4 Å². The zero-order chi connectivity index (χ0) is 27.1. The number of carbonyl (C=O) groups is 2. The molecule has 1 atom stereocenters. The summed E-state index contributed by atoms with van der Waals surface area (Å²) in [6.45, 7) is 13.6. The lowest BCUT2D eigenvalue weighted by molar-refractivity contribution is -0.162. The Hall–Kier alpha value is -4.09. The first-order valence-corrected chi connectivity index (χ1v) is 12.0. The Kier molecular flexibility index (Phi) is 9.04. The van der Waals surface area contributed by atoms with Crippen LogP contribution in [0.1, 0.15) is 59.9 Å². The number of rotatable bonds is 9. The molecule has 0 bridgehead atoms. The van der Waals surface area contributed by atoms with Crippen molar-refractivity contribution in [2.45, 2.75) is 54.4 Å². The molecular formula is C28H33N5O3. The van der Waals surface area contributed by atoms with E-state index in [1.807, 2.05) is 32.0 Å². The number of nitrogens with one attached hydrogen (secondary N) is 1. The summed E-state index contributed by atoms with van der Waals surface area (Å²) >= 11 is 0. The van der Waals surface area contributed by atoms with Crippen LogP contribution >= 0.6 is 0 Å². The first kappa shape index (κ1) is 28.1. The van der Waals surface area contributed by atoms with E-state index < -0.39 is 11.3 Å². The van der Waals surface area contributed by atoms with Crippen molar-refractivity contribution in [1.82, 2.24) is 5.32 Å². The van der Waals surface area contributed by atoms with Gasteiger partial charge in [0.25, 0.3) is 5.91 Å². The molecule has 0 radical (unpaired) electrons. The van der Waals surface area contributed by atoms with E-state index in [0.717, 1.165) is 18.5 Å². The minimum Gasteiger partial charge on any atom is -0.463 e. The van der Waals surface area contributed by atoms with Gasteiger partial charge >= 0.3 is 5.97 Å². The summed E-state index contributed by atoms with van der Waals surface area (Å²) in [5, 5.41) is 30.3. The van der Waals surface area contributed by atoms with E-state index in [4.69, 9.17) is 15.3 Å². The standard InChI is InChI=1S/C28H33N5O3/c1-7-13-28(6,27(3,4)5)26(35)36-15-14-33(8-2)21-11-9-19(10-12-21)23-22(18-31)24(32-25(23)34)20(16-29)17-30/h9-12H,7-8,13-15H2,1-6H3,(H,32,34). The van der Waals surface area contributed by atoms with Crippen LogP contribution in [0, 0.1) is 44.8 Å². The highest BCUT2D eigenvalue weighted by molar-refractivity contribution is 6.26. The Bertz CT molecular complexity index is 1180. The zero-order valence-corrected chi connectivity index (χ0v) is 21.9. The first-order valence-electron chi connectivity index (χ1n) is 12.0. The van der Waals surface area contributed by atoms with Crippen molar-refractivity contribution in [1.29, 1.82) is 15.8 Å². The van der Waals surface area contributed by atoms with E-state index in [1.165, 1.54) is 0 Å². The molecule has 2 rings (SSSR count). The summed E-state index contributed by atoms with van der Waals surface area (Å²) in [7, 11) is 0. The molecule has 188 valence electrons. The molecule has 1 heterocycles. The second kappa shape index (κ2) is 11.6. The normalized spacial score (nSPS) is 14.8. The molecule has 8 nitrogen and oxygen atoms in total. The molecule has 0 aliphatic carbocycles. The monoisotopic (exact) mass is 487 g/mol. The molecule has 8 heteroatoms. The van der Waals surface area contributed by atoms with Crippen molar-refractivity contribution >= 4 is 23.1 Å². The average molecular weight is 488 g/mol. The zero-order valence-electron chi connectivity index (χ0n) is 21.9. The molecule has 0 aromatic heterocycles. The Morgan fingerprint density at radius 1 is 1.06 bits per heavy atom. The molecule has 1 aromatic rings. The molecule has 1 aromatic carbocycles. The average Bonchev–Trinajstić information content (AvgIpc) is 3.17. The van der Waals surface area contributed by atoms with Gasteiger partial charge in [0, 0.05) is 12.2 Å². The van der Waals surface area contributed by atoms with Crippen LogP contribution < -0.4 is 10.2 Å². The number of amides is 1. The van der Waals surface area contributed by atoms with Crippen LogP contribution in [0.4, 0.5) is 5.69 Å². The van der Waals surface area contributed by atoms with Crippen LogP contribution in [0.2, 0.25) is 0 Å². The van der Waals surface area contributed by atoms with Gasteiger partial charge in [-0.05, 0) is 43.4 Å². The van der Waals surface area contributed by atoms with Gasteiger partial charge in [0.2, 0.25) is 0 Å². The maximum absolute atomic E-state index is 13.0. The van der Waals surface area contributed by atoms with E-state index >= 15 is 0 Å². The van der Waals surface area contributed by atoms with Crippen LogP contribution in [0.15, 0.2) is 41.1 Å². The van der Waals surface area contributed by atoms with Gasteiger partial charge in [0.05, 0.1) is 28.8 Å². The molecule has 1 N–H and O–H groups in total. The lowest BCUT2D eigenvalue weighted by Gasteiger charge is -2.39. The molecular weight excluding hydrogens is 454 g/mol. The molecule has 0 saturated heterocycles. The fourth-order valence-electron chi connectivity index (χ4n) is 4.19. The quantitative estimate of drug-likeness (QED) is 0.397. The van der Waals surface area contributed by atoms with Crippen molar-refractivity contribution in [3.05, 3.63) is 46.7 Å². The highest BCUT2D eigenvalue weighted by Gasteiger charge is 2.44. The number of esters is 1. The third-order valence-electron chi connectivity index (χ3n) is 6.90. The molecule has 1 aliphatic heterocycles. The largest absolute Gasteiger partial charge is 0.463 e. The van der Waals surface area contributed by atoms with Gasteiger partial charge < -0.3 is 15.0 Å². The summed E-state index contributed by atoms with van der Waals surface area (Å²) < 4.78 is 5.71. The third-order valence-corrected chi connectivity index (χ3v) is 6.90. The molecule has 0 fully saturated rings. The number of hydrogen-bond donors (Lipinski definition) is 1. The number of allylic oxidation sites excluding steroid dienone is 2. The van der Waals surface area contributed by atoms with Crippen molar-refractivity contribution < 1.29 is 14.3 Å². The fraction of sp³-hybridized carbons (Fsp3) is 0.464. The molecule has 0 spiro atoms. The minimum absolute atomic E-state index is 0.0286. The predicted molar refractivity (Wildman–Crippen MR) is 137 cm³/mol. The van der Waals surface area contributed by atoms with E-state index in [2.05, 4.69) is 37.9 Å². The second-order valence-electron chi connectivity index (χ2n) is 9.88. The Morgan fingerprint density at radius 2 is 1.67 bits per heavy atom. The topological polar surface area (TPSA) is 130 Å². The maximum atomic E-state index is 13.0. The Morgan fingerprint density at radius 3 is 2.14 bits per heavy atom. The summed E-state index contributed by atoms with van der Waals surface area (Å²) in [4.78, 5) is 27.5. The summed E-state index contributed by atoms with van der Waals surface area (Å²) in [6.07, 6.45) is 1.65.